The van der Waals surface area contributed by atoms with E-state index in [0.29, 0.717) is 11.5 Å². The first kappa shape index (κ1) is 12.3. The van der Waals surface area contributed by atoms with Crippen molar-refractivity contribution < 1.29 is 14.3 Å². The fraction of sp³-hybridized carbons (Fsp3) is 0.364. The highest BCUT2D eigenvalue weighted by Crippen LogP contribution is 2.27. The van der Waals surface area contributed by atoms with Crippen molar-refractivity contribution in [3.8, 4) is 11.5 Å². The molecule has 1 aromatic rings. The average Bonchev–Trinajstić information content (AvgIpc) is 2.20. The third kappa shape index (κ3) is 3.78. The van der Waals surface area contributed by atoms with E-state index >= 15 is 0 Å². The number of hydrogen-bond acceptors (Lipinski definition) is 4. The van der Waals surface area contributed by atoms with Crippen molar-refractivity contribution in [1.82, 2.24) is 10.9 Å². The van der Waals surface area contributed by atoms with Crippen LogP contribution in [0.5, 0.6) is 11.5 Å². The predicted molar refractivity (Wildman–Crippen MR) is 60.4 cm³/mol. The summed E-state index contributed by atoms with van der Waals surface area (Å²) in [5, 5.41) is 0. The van der Waals surface area contributed by atoms with Crippen LogP contribution in [0.4, 0.5) is 4.79 Å². The molecule has 16 heavy (non-hydrogen) atoms. The van der Waals surface area contributed by atoms with Crippen LogP contribution >= 0.6 is 0 Å². The van der Waals surface area contributed by atoms with E-state index in [4.69, 9.17) is 9.47 Å². The molecule has 1 amide bonds. The quantitative estimate of drug-likeness (QED) is 0.764. The van der Waals surface area contributed by atoms with Crippen molar-refractivity contribution in [2.45, 2.75) is 20.0 Å². The van der Waals surface area contributed by atoms with Gasteiger partial charge in [-0.1, -0.05) is 12.1 Å². The molecule has 0 aliphatic rings. The highest BCUT2D eigenvalue weighted by molar-refractivity contribution is 5.70. The molecule has 5 heteroatoms. The summed E-state index contributed by atoms with van der Waals surface area (Å²) in [6.07, 6.45) is -0.556. The van der Waals surface area contributed by atoms with E-state index in [0.717, 1.165) is 0 Å². The van der Waals surface area contributed by atoms with E-state index < -0.39 is 6.09 Å². The Bertz CT molecular complexity index is 353. The molecular weight excluding hydrogens is 208 g/mol. The van der Waals surface area contributed by atoms with E-state index in [2.05, 4.69) is 10.9 Å². The van der Waals surface area contributed by atoms with Crippen LogP contribution in [-0.4, -0.2) is 19.2 Å². The number of rotatable bonds is 4. The second kappa shape index (κ2) is 5.97. The minimum absolute atomic E-state index is 0.0251. The predicted octanol–water partition coefficient (Wildman–Crippen LogP) is 1.70. The van der Waals surface area contributed by atoms with Gasteiger partial charge >= 0.3 is 6.09 Å². The summed E-state index contributed by atoms with van der Waals surface area (Å²) in [5.41, 5.74) is 4.79. The summed E-state index contributed by atoms with van der Waals surface area (Å²) in [7, 11) is 1.58. The van der Waals surface area contributed by atoms with Crippen LogP contribution in [0.15, 0.2) is 24.3 Å². The Balaban J connectivity index is 2.74. The first-order valence-corrected chi connectivity index (χ1v) is 5.03. The topological polar surface area (TPSA) is 59.6 Å². The molecule has 0 aliphatic carbocycles. The summed E-state index contributed by atoms with van der Waals surface area (Å²) >= 11 is 0. The molecule has 88 valence electrons. The van der Waals surface area contributed by atoms with Gasteiger partial charge in [0.15, 0.2) is 11.5 Å². The minimum Gasteiger partial charge on any atom is -0.487 e. The van der Waals surface area contributed by atoms with Gasteiger partial charge in [0, 0.05) is 7.05 Å². The Kier molecular flexibility index (Phi) is 4.60. The maximum atomic E-state index is 11.2. The molecule has 5 nitrogen and oxygen atoms in total. The molecule has 0 aliphatic heterocycles. The highest BCUT2D eigenvalue weighted by Gasteiger charge is 2.09. The fourth-order valence-electron chi connectivity index (χ4n) is 1.11. The van der Waals surface area contributed by atoms with Crippen molar-refractivity contribution in [2.75, 3.05) is 7.05 Å². The van der Waals surface area contributed by atoms with Crippen LogP contribution in [-0.2, 0) is 0 Å². The standard InChI is InChI=1S/C11H16N2O3/c1-8(2)15-9-6-4-5-7-10(9)16-11(14)13-12-3/h4-8,12H,1-3H3,(H,13,14). The van der Waals surface area contributed by atoms with Crippen LogP contribution in [0.3, 0.4) is 0 Å². The number of hydrazine groups is 1. The third-order valence-electron chi connectivity index (χ3n) is 1.64. The van der Waals surface area contributed by atoms with Gasteiger partial charge in [0.2, 0.25) is 0 Å². The number of ether oxygens (including phenoxy) is 2. The Morgan fingerprint density at radius 2 is 1.88 bits per heavy atom. The normalized spacial score (nSPS) is 10.0. The van der Waals surface area contributed by atoms with Gasteiger partial charge < -0.3 is 9.47 Å². The van der Waals surface area contributed by atoms with Gasteiger partial charge in [-0.2, -0.15) is 0 Å². The zero-order chi connectivity index (χ0) is 12.0. The number of hydrogen-bond donors (Lipinski definition) is 2. The Labute approximate surface area is 94.7 Å². The molecule has 0 saturated carbocycles. The Morgan fingerprint density at radius 3 is 2.44 bits per heavy atom. The zero-order valence-corrected chi connectivity index (χ0v) is 9.61. The van der Waals surface area contributed by atoms with Gasteiger partial charge in [0.05, 0.1) is 6.10 Å². The van der Waals surface area contributed by atoms with Crippen LogP contribution in [0, 0.1) is 0 Å². The second-order valence-corrected chi connectivity index (χ2v) is 3.38. The molecule has 0 radical (unpaired) electrons. The molecule has 0 saturated heterocycles. The van der Waals surface area contributed by atoms with Crippen molar-refractivity contribution >= 4 is 6.09 Å². The van der Waals surface area contributed by atoms with E-state index in [1.165, 1.54) is 0 Å². The van der Waals surface area contributed by atoms with Gasteiger partial charge in [-0.3, -0.25) is 5.43 Å². The SMILES string of the molecule is CNNC(=O)Oc1ccccc1OC(C)C. The lowest BCUT2D eigenvalue weighted by atomic mass is 10.3. The first-order chi connectivity index (χ1) is 7.63. The van der Waals surface area contributed by atoms with Crippen molar-refractivity contribution in [3.63, 3.8) is 0 Å². The van der Waals surface area contributed by atoms with Gasteiger partial charge in [0.25, 0.3) is 0 Å². The number of para-hydroxylation sites is 2. The highest BCUT2D eigenvalue weighted by atomic mass is 16.6. The fourth-order valence-corrected chi connectivity index (χ4v) is 1.11. The lowest BCUT2D eigenvalue weighted by molar-refractivity contribution is 0.188. The van der Waals surface area contributed by atoms with Gasteiger partial charge in [-0.05, 0) is 26.0 Å². The summed E-state index contributed by atoms with van der Waals surface area (Å²) in [5.74, 6) is 0.938. The molecule has 2 N–H and O–H groups in total. The zero-order valence-electron chi connectivity index (χ0n) is 9.61. The minimum atomic E-state index is -0.581. The molecule has 0 heterocycles. The van der Waals surface area contributed by atoms with E-state index in [-0.39, 0.29) is 6.10 Å². The molecule has 0 aromatic heterocycles. The average molecular weight is 224 g/mol. The molecule has 1 aromatic carbocycles. The Morgan fingerprint density at radius 1 is 1.25 bits per heavy atom. The lowest BCUT2D eigenvalue weighted by Crippen LogP contribution is -2.36. The van der Waals surface area contributed by atoms with Crippen LogP contribution in [0.2, 0.25) is 0 Å². The summed E-state index contributed by atoms with van der Waals surface area (Å²) in [6.45, 7) is 3.81. The van der Waals surface area contributed by atoms with Crippen molar-refractivity contribution in [3.05, 3.63) is 24.3 Å². The van der Waals surface area contributed by atoms with Gasteiger partial charge in [-0.25, -0.2) is 10.2 Å². The van der Waals surface area contributed by atoms with E-state index in [1.807, 2.05) is 19.9 Å². The lowest BCUT2D eigenvalue weighted by Gasteiger charge is -2.13. The summed E-state index contributed by atoms with van der Waals surface area (Å²) in [6, 6.07) is 7.02. The number of nitrogens with one attached hydrogen (secondary N) is 2. The van der Waals surface area contributed by atoms with Crippen molar-refractivity contribution in [2.24, 2.45) is 0 Å². The summed E-state index contributed by atoms with van der Waals surface area (Å²) < 4.78 is 10.5. The Hall–Kier alpha value is -1.75. The molecule has 0 atom stereocenters. The number of benzene rings is 1. The number of carbonyl (C=O) groups is 1. The van der Waals surface area contributed by atoms with E-state index in [9.17, 15) is 4.79 Å². The third-order valence-corrected chi connectivity index (χ3v) is 1.64. The largest absolute Gasteiger partial charge is 0.487 e. The van der Waals surface area contributed by atoms with Gasteiger partial charge in [-0.15, -0.1) is 0 Å². The molecular formula is C11H16N2O3. The maximum absolute atomic E-state index is 11.2. The van der Waals surface area contributed by atoms with Crippen molar-refractivity contribution in [1.29, 1.82) is 0 Å². The first-order valence-electron chi connectivity index (χ1n) is 5.03. The van der Waals surface area contributed by atoms with Crippen LogP contribution in [0.1, 0.15) is 13.8 Å². The van der Waals surface area contributed by atoms with Crippen LogP contribution < -0.4 is 20.3 Å². The second-order valence-electron chi connectivity index (χ2n) is 3.38. The molecule has 1 rings (SSSR count). The smallest absolute Gasteiger partial charge is 0.427 e. The van der Waals surface area contributed by atoms with Crippen LogP contribution in [0.25, 0.3) is 0 Å². The molecule has 0 unspecified atom stereocenters. The van der Waals surface area contributed by atoms with Gasteiger partial charge in [0.1, 0.15) is 0 Å². The summed E-state index contributed by atoms with van der Waals surface area (Å²) in [4.78, 5) is 11.2. The molecule has 0 spiro atoms. The monoisotopic (exact) mass is 224 g/mol. The molecule has 0 bridgehead atoms. The molecule has 0 fully saturated rings. The maximum Gasteiger partial charge on any atom is 0.427 e. The van der Waals surface area contributed by atoms with E-state index in [1.54, 1.807) is 25.2 Å². The number of carbonyl (C=O) groups excluding carboxylic acids is 1. The number of amides is 1.